The number of carboxylic acids is 1. The summed E-state index contributed by atoms with van der Waals surface area (Å²) < 4.78 is 14.2. The van der Waals surface area contributed by atoms with Crippen LogP contribution in [0, 0.1) is 5.82 Å². The van der Waals surface area contributed by atoms with Gasteiger partial charge in [-0.25, -0.2) is 4.39 Å². The lowest BCUT2D eigenvalue weighted by Crippen LogP contribution is -2.04. The van der Waals surface area contributed by atoms with Crippen molar-refractivity contribution in [3.05, 3.63) is 34.6 Å². The summed E-state index contributed by atoms with van der Waals surface area (Å²) in [5.41, 5.74) is 2.31. The minimum atomic E-state index is -0.888. The van der Waals surface area contributed by atoms with Crippen molar-refractivity contribution in [1.29, 1.82) is 0 Å². The first-order chi connectivity index (χ1) is 8.10. The third-order valence-electron chi connectivity index (χ3n) is 2.91. The van der Waals surface area contributed by atoms with Gasteiger partial charge in [0.15, 0.2) is 0 Å². The zero-order valence-corrected chi connectivity index (χ0v) is 10.4. The van der Waals surface area contributed by atoms with E-state index in [2.05, 4.69) is 0 Å². The molecule has 0 aromatic heterocycles. The van der Waals surface area contributed by atoms with Gasteiger partial charge in [-0.05, 0) is 36.0 Å². The van der Waals surface area contributed by atoms with Gasteiger partial charge in [0.05, 0.1) is 0 Å². The summed E-state index contributed by atoms with van der Waals surface area (Å²) in [6.07, 6.45) is 2.67. The number of aryl methyl sites for hydroxylation is 2. The van der Waals surface area contributed by atoms with Crippen LogP contribution in [0.25, 0.3) is 0 Å². The molecule has 0 spiro atoms. The Labute approximate surface area is 101 Å². The van der Waals surface area contributed by atoms with Crippen molar-refractivity contribution in [2.75, 3.05) is 0 Å². The number of carboxylic acid groups (broad SMARTS) is 1. The van der Waals surface area contributed by atoms with E-state index in [9.17, 15) is 9.18 Å². The van der Waals surface area contributed by atoms with E-state index in [1.54, 1.807) is 6.07 Å². The largest absolute Gasteiger partial charge is 0.481 e. The van der Waals surface area contributed by atoms with Crippen LogP contribution in [-0.4, -0.2) is 11.1 Å². The fourth-order valence-electron chi connectivity index (χ4n) is 2.00. The maximum Gasteiger partial charge on any atom is 0.303 e. The molecular formula is C14H19FO2. The molecule has 0 saturated carbocycles. The van der Waals surface area contributed by atoms with E-state index >= 15 is 0 Å². The summed E-state index contributed by atoms with van der Waals surface area (Å²) in [4.78, 5) is 10.5. The molecule has 0 aliphatic heterocycles. The fourth-order valence-corrected chi connectivity index (χ4v) is 2.00. The van der Waals surface area contributed by atoms with Crippen LogP contribution in [0.2, 0.25) is 0 Å². The zero-order chi connectivity index (χ0) is 12.8. The van der Waals surface area contributed by atoms with Gasteiger partial charge in [0.1, 0.15) is 5.82 Å². The molecule has 17 heavy (non-hydrogen) atoms. The molecule has 0 aliphatic carbocycles. The molecule has 2 nitrogen and oxygen atoms in total. The van der Waals surface area contributed by atoms with Crippen LogP contribution in [0.4, 0.5) is 4.39 Å². The van der Waals surface area contributed by atoms with Gasteiger partial charge in [-0.2, -0.15) is 0 Å². The van der Waals surface area contributed by atoms with E-state index < -0.39 is 5.97 Å². The first kappa shape index (κ1) is 13.7. The van der Waals surface area contributed by atoms with Gasteiger partial charge in [-0.3, -0.25) is 4.79 Å². The van der Waals surface area contributed by atoms with E-state index in [0.29, 0.717) is 5.56 Å². The summed E-state index contributed by atoms with van der Waals surface area (Å²) >= 11 is 0. The maximum absolute atomic E-state index is 14.2. The van der Waals surface area contributed by atoms with E-state index in [1.807, 2.05) is 19.9 Å². The van der Waals surface area contributed by atoms with Gasteiger partial charge in [-0.15, -0.1) is 0 Å². The molecule has 0 atom stereocenters. The van der Waals surface area contributed by atoms with Crippen molar-refractivity contribution in [1.82, 2.24) is 0 Å². The molecule has 0 amide bonds. The van der Waals surface area contributed by atoms with E-state index in [0.717, 1.165) is 30.4 Å². The average Bonchev–Trinajstić information content (AvgIpc) is 2.30. The van der Waals surface area contributed by atoms with Gasteiger partial charge in [-0.1, -0.05) is 32.4 Å². The molecule has 1 N–H and O–H groups in total. The van der Waals surface area contributed by atoms with Crippen molar-refractivity contribution in [2.45, 2.75) is 46.0 Å². The van der Waals surface area contributed by atoms with Crippen LogP contribution < -0.4 is 0 Å². The Kier molecular flexibility index (Phi) is 5.13. The number of carbonyl (C=O) groups is 1. The third kappa shape index (κ3) is 3.55. The zero-order valence-electron chi connectivity index (χ0n) is 10.4. The lowest BCUT2D eigenvalue weighted by atomic mass is 9.96. The molecule has 0 saturated heterocycles. The normalized spacial score (nSPS) is 10.5. The quantitative estimate of drug-likeness (QED) is 0.825. The van der Waals surface area contributed by atoms with Crippen LogP contribution in [0.3, 0.4) is 0 Å². The van der Waals surface area contributed by atoms with Gasteiger partial charge in [0, 0.05) is 6.42 Å². The molecule has 0 aliphatic rings. The van der Waals surface area contributed by atoms with Crippen LogP contribution in [0.5, 0.6) is 0 Å². The Hall–Kier alpha value is -1.38. The highest BCUT2D eigenvalue weighted by molar-refractivity contribution is 5.67. The smallest absolute Gasteiger partial charge is 0.303 e. The lowest BCUT2D eigenvalue weighted by molar-refractivity contribution is -0.136. The highest BCUT2D eigenvalue weighted by atomic mass is 19.1. The summed E-state index contributed by atoms with van der Waals surface area (Å²) in [6.45, 7) is 4.02. The molecule has 0 radical (unpaired) electrons. The topological polar surface area (TPSA) is 37.3 Å². The minimum Gasteiger partial charge on any atom is -0.481 e. The highest BCUT2D eigenvalue weighted by Crippen LogP contribution is 2.21. The number of aliphatic carboxylic acids is 1. The standard InChI is InChI=1S/C14H19FO2/c1-3-5-12-10(4-2)6-7-11(14(12)15)8-9-13(16)17/h6-7H,3-5,8-9H2,1-2H3,(H,16,17). The number of halogens is 1. The van der Waals surface area contributed by atoms with Gasteiger partial charge < -0.3 is 5.11 Å². The first-order valence-electron chi connectivity index (χ1n) is 6.11. The van der Waals surface area contributed by atoms with Gasteiger partial charge in [0.2, 0.25) is 0 Å². The Morgan fingerprint density at radius 3 is 2.41 bits per heavy atom. The van der Waals surface area contributed by atoms with Crippen molar-refractivity contribution in [3.63, 3.8) is 0 Å². The third-order valence-corrected chi connectivity index (χ3v) is 2.91. The van der Waals surface area contributed by atoms with Crippen LogP contribution in [0.1, 0.15) is 43.4 Å². The van der Waals surface area contributed by atoms with Crippen molar-refractivity contribution < 1.29 is 14.3 Å². The monoisotopic (exact) mass is 238 g/mol. The average molecular weight is 238 g/mol. The summed E-state index contributed by atoms with van der Waals surface area (Å²) in [7, 11) is 0. The Morgan fingerprint density at radius 1 is 1.24 bits per heavy atom. The Balaban J connectivity index is 3.00. The van der Waals surface area contributed by atoms with E-state index in [-0.39, 0.29) is 18.7 Å². The summed E-state index contributed by atoms with van der Waals surface area (Å²) in [5.74, 6) is -1.09. The molecule has 1 rings (SSSR count). The summed E-state index contributed by atoms with van der Waals surface area (Å²) in [6, 6.07) is 3.64. The second-order valence-electron chi connectivity index (χ2n) is 4.17. The molecule has 0 unspecified atom stereocenters. The Morgan fingerprint density at radius 2 is 1.88 bits per heavy atom. The van der Waals surface area contributed by atoms with Crippen molar-refractivity contribution >= 4 is 5.97 Å². The second kappa shape index (κ2) is 6.38. The molecule has 94 valence electrons. The predicted molar refractivity (Wildman–Crippen MR) is 65.7 cm³/mol. The summed E-state index contributed by atoms with van der Waals surface area (Å²) in [5, 5.41) is 8.62. The van der Waals surface area contributed by atoms with Gasteiger partial charge in [0.25, 0.3) is 0 Å². The number of hydrogen-bond donors (Lipinski definition) is 1. The molecule has 1 aromatic rings. The molecular weight excluding hydrogens is 219 g/mol. The molecule has 0 heterocycles. The van der Waals surface area contributed by atoms with Crippen molar-refractivity contribution in [2.24, 2.45) is 0 Å². The lowest BCUT2D eigenvalue weighted by Gasteiger charge is -2.12. The first-order valence-corrected chi connectivity index (χ1v) is 6.11. The minimum absolute atomic E-state index is 0.0199. The van der Waals surface area contributed by atoms with Crippen molar-refractivity contribution in [3.8, 4) is 0 Å². The van der Waals surface area contributed by atoms with E-state index in [1.165, 1.54) is 0 Å². The second-order valence-corrected chi connectivity index (χ2v) is 4.17. The molecule has 0 bridgehead atoms. The number of benzene rings is 1. The highest BCUT2D eigenvalue weighted by Gasteiger charge is 2.12. The predicted octanol–water partition coefficient (Wildman–Crippen LogP) is 3.36. The number of hydrogen-bond acceptors (Lipinski definition) is 1. The molecule has 0 fully saturated rings. The van der Waals surface area contributed by atoms with Crippen LogP contribution in [0.15, 0.2) is 12.1 Å². The number of rotatable bonds is 6. The fraction of sp³-hybridized carbons (Fsp3) is 0.500. The Bertz CT molecular complexity index is 399. The van der Waals surface area contributed by atoms with Crippen LogP contribution in [-0.2, 0) is 24.1 Å². The van der Waals surface area contributed by atoms with E-state index in [4.69, 9.17) is 5.11 Å². The van der Waals surface area contributed by atoms with Crippen LogP contribution >= 0.6 is 0 Å². The SMILES string of the molecule is CCCc1c(CC)ccc(CCC(=O)O)c1F. The molecule has 1 aromatic carbocycles. The maximum atomic E-state index is 14.2. The van der Waals surface area contributed by atoms with Gasteiger partial charge >= 0.3 is 5.97 Å². The molecule has 3 heteroatoms.